The van der Waals surface area contributed by atoms with Crippen LogP contribution in [0.2, 0.25) is 0 Å². The highest BCUT2D eigenvalue weighted by molar-refractivity contribution is 5.20. The van der Waals surface area contributed by atoms with Crippen LogP contribution in [0.15, 0.2) is 42.9 Å². The molecule has 0 unspecified atom stereocenters. The van der Waals surface area contributed by atoms with Crippen LogP contribution in [-0.4, -0.2) is 29.8 Å². The van der Waals surface area contributed by atoms with Crippen LogP contribution in [0.3, 0.4) is 0 Å². The molecular formula is C14H18N2O2. The van der Waals surface area contributed by atoms with Crippen LogP contribution in [0, 0.1) is 0 Å². The first kappa shape index (κ1) is 12.6. The Labute approximate surface area is 107 Å². The van der Waals surface area contributed by atoms with Crippen LogP contribution >= 0.6 is 0 Å². The quantitative estimate of drug-likeness (QED) is 0.728. The molecule has 1 aromatic heterocycles. The van der Waals surface area contributed by atoms with Crippen molar-refractivity contribution in [1.29, 1.82) is 0 Å². The molecule has 0 amide bonds. The number of para-hydroxylation sites is 1. The standard InChI is InChI=1S/C14H18N2O2/c1-2-6-14(7-3-1)18-10-9-17-8-4-5-13-11-15-12-16-13/h1-3,6-7,11-12H,4-5,8-10H2,(H,15,16). The molecule has 0 bridgehead atoms. The number of aromatic nitrogens is 2. The Morgan fingerprint density at radius 2 is 1.94 bits per heavy atom. The molecule has 4 heteroatoms. The molecular weight excluding hydrogens is 228 g/mol. The summed E-state index contributed by atoms with van der Waals surface area (Å²) in [5.41, 5.74) is 1.08. The maximum atomic E-state index is 5.52. The maximum Gasteiger partial charge on any atom is 0.119 e. The molecule has 1 aromatic carbocycles. The van der Waals surface area contributed by atoms with Gasteiger partial charge in [0, 0.05) is 12.8 Å². The zero-order valence-electron chi connectivity index (χ0n) is 10.3. The number of nitrogens with one attached hydrogen (secondary N) is 1. The van der Waals surface area contributed by atoms with Gasteiger partial charge in [0.2, 0.25) is 0 Å². The summed E-state index contributed by atoms with van der Waals surface area (Å²) in [6.07, 6.45) is 5.54. The van der Waals surface area contributed by atoms with Gasteiger partial charge in [0.25, 0.3) is 0 Å². The highest BCUT2D eigenvalue weighted by Gasteiger charge is 1.95. The molecule has 0 spiro atoms. The van der Waals surface area contributed by atoms with E-state index in [1.165, 1.54) is 0 Å². The summed E-state index contributed by atoms with van der Waals surface area (Å²) in [6.45, 7) is 1.95. The second-order valence-corrected chi connectivity index (χ2v) is 3.94. The Bertz CT molecular complexity index is 415. The number of ether oxygens (including phenoxy) is 2. The van der Waals surface area contributed by atoms with Gasteiger partial charge in [0.05, 0.1) is 18.6 Å². The molecule has 1 heterocycles. The summed E-state index contributed by atoms with van der Waals surface area (Å²) < 4.78 is 11.0. The van der Waals surface area contributed by atoms with Crippen molar-refractivity contribution in [2.45, 2.75) is 12.8 Å². The number of imidazole rings is 1. The SMILES string of the molecule is c1ccc(OCCOCCCc2c[nH]cn2)cc1. The number of nitrogens with zero attached hydrogens (tertiary/aromatic N) is 1. The van der Waals surface area contributed by atoms with Crippen molar-refractivity contribution < 1.29 is 9.47 Å². The average Bonchev–Trinajstić information content (AvgIpc) is 2.92. The van der Waals surface area contributed by atoms with E-state index < -0.39 is 0 Å². The number of H-pyrrole nitrogens is 1. The zero-order chi connectivity index (χ0) is 12.5. The minimum Gasteiger partial charge on any atom is -0.491 e. The van der Waals surface area contributed by atoms with Gasteiger partial charge < -0.3 is 14.5 Å². The van der Waals surface area contributed by atoms with Gasteiger partial charge in [0.15, 0.2) is 0 Å². The van der Waals surface area contributed by atoms with Crippen molar-refractivity contribution in [3.05, 3.63) is 48.5 Å². The average molecular weight is 246 g/mol. The first-order valence-electron chi connectivity index (χ1n) is 6.18. The Kier molecular flexibility index (Phi) is 5.27. The lowest BCUT2D eigenvalue weighted by molar-refractivity contribution is 0.0984. The number of hydrogen-bond acceptors (Lipinski definition) is 3. The fourth-order valence-corrected chi connectivity index (χ4v) is 1.62. The molecule has 0 saturated heterocycles. The summed E-state index contributed by atoms with van der Waals surface area (Å²) in [7, 11) is 0. The summed E-state index contributed by atoms with van der Waals surface area (Å²) in [5.74, 6) is 0.887. The molecule has 0 aliphatic heterocycles. The van der Waals surface area contributed by atoms with Crippen LogP contribution in [0.25, 0.3) is 0 Å². The van der Waals surface area contributed by atoms with Crippen molar-refractivity contribution >= 4 is 0 Å². The molecule has 4 nitrogen and oxygen atoms in total. The van der Waals surface area contributed by atoms with Gasteiger partial charge in [-0.15, -0.1) is 0 Å². The van der Waals surface area contributed by atoms with Crippen molar-refractivity contribution in [2.24, 2.45) is 0 Å². The predicted octanol–water partition coefficient (Wildman–Crippen LogP) is 2.44. The number of aromatic amines is 1. The number of benzene rings is 1. The van der Waals surface area contributed by atoms with Crippen LogP contribution < -0.4 is 4.74 Å². The highest BCUT2D eigenvalue weighted by Crippen LogP contribution is 2.07. The van der Waals surface area contributed by atoms with Crippen molar-refractivity contribution in [3.63, 3.8) is 0 Å². The third kappa shape index (κ3) is 4.59. The van der Waals surface area contributed by atoms with E-state index in [4.69, 9.17) is 9.47 Å². The molecule has 1 N–H and O–H groups in total. The molecule has 0 aliphatic carbocycles. The Balaban J connectivity index is 1.47. The van der Waals surface area contributed by atoms with E-state index in [1.807, 2.05) is 36.5 Å². The van der Waals surface area contributed by atoms with Crippen LogP contribution in [0.1, 0.15) is 12.1 Å². The van der Waals surface area contributed by atoms with E-state index in [9.17, 15) is 0 Å². The number of rotatable bonds is 8. The van der Waals surface area contributed by atoms with E-state index in [-0.39, 0.29) is 0 Å². The molecule has 18 heavy (non-hydrogen) atoms. The summed E-state index contributed by atoms with van der Waals surface area (Å²) >= 11 is 0. The fraction of sp³-hybridized carbons (Fsp3) is 0.357. The second-order valence-electron chi connectivity index (χ2n) is 3.94. The van der Waals surface area contributed by atoms with Gasteiger partial charge in [-0.2, -0.15) is 0 Å². The Morgan fingerprint density at radius 1 is 1.06 bits per heavy atom. The molecule has 2 aromatic rings. The molecule has 96 valence electrons. The van der Waals surface area contributed by atoms with Crippen LogP contribution in [0.4, 0.5) is 0 Å². The monoisotopic (exact) mass is 246 g/mol. The normalized spacial score (nSPS) is 10.4. The van der Waals surface area contributed by atoms with Gasteiger partial charge in [0.1, 0.15) is 12.4 Å². The molecule has 0 aliphatic rings. The summed E-state index contributed by atoms with van der Waals surface area (Å²) in [4.78, 5) is 7.09. The first-order chi connectivity index (χ1) is 8.95. The first-order valence-corrected chi connectivity index (χ1v) is 6.18. The topological polar surface area (TPSA) is 47.1 Å². The Hall–Kier alpha value is -1.81. The lowest BCUT2D eigenvalue weighted by Gasteiger charge is -2.06. The van der Waals surface area contributed by atoms with E-state index in [2.05, 4.69) is 9.97 Å². The largest absolute Gasteiger partial charge is 0.491 e. The molecule has 0 fully saturated rings. The smallest absolute Gasteiger partial charge is 0.119 e. The molecule has 0 saturated carbocycles. The summed E-state index contributed by atoms with van der Waals surface area (Å²) in [6, 6.07) is 9.77. The number of hydrogen-bond donors (Lipinski definition) is 1. The van der Waals surface area contributed by atoms with Crippen molar-refractivity contribution in [3.8, 4) is 5.75 Å². The van der Waals surface area contributed by atoms with Crippen molar-refractivity contribution in [1.82, 2.24) is 9.97 Å². The van der Waals surface area contributed by atoms with E-state index in [0.717, 1.165) is 30.9 Å². The third-order valence-corrected chi connectivity index (χ3v) is 2.52. The van der Waals surface area contributed by atoms with Crippen LogP contribution in [0.5, 0.6) is 5.75 Å². The van der Waals surface area contributed by atoms with Crippen LogP contribution in [-0.2, 0) is 11.2 Å². The predicted molar refractivity (Wildman–Crippen MR) is 69.7 cm³/mol. The van der Waals surface area contributed by atoms with Crippen molar-refractivity contribution in [2.75, 3.05) is 19.8 Å². The van der Waals surface area contributed by atoms with Gasteiger partial charge in [-0.1, -0.05) is 18.2 Å². The molecule has 0 atom stereocenters. The van der Waals surface area contributed by atoms with Gasteiger partial charge in [-0.25, -0.2) is 4.98 Å². The minimum atomic E-state index is 0.590. The molecule has 2 rings (SSSR count). The lowest BCUT2D eigenvalue weighted by Crippen LogP contribution is -2.07. The third-order valence-electron chi connectivity index (χ3n) is 2.52. The Morgan fingerprint density at radius 3 is 2.72 bits per heavy atom. The van der Waals surface area contributed by atoms with E-state index in [0.29, 0.717) is 13.2 Å². The highest BCUT2D eigenvalue weighted by atomic mass is 16.5. The van der Waals surface area contributed by atoms with Gasteiger partial charge in [-0.3, -0.25) is 0 Å². The van der Waals surface area contributed by atoms with E-state index in [1.54, 1.807) is 6.33 Å². The lowest BCUT2D eigenvalue weighted by atomic mass is 10.3. The van der Waals surface area contributed by atoms with Gasteiger partial charge in [-0.05, 0) is 25.0 Å². The van der Waals surface area contributed by atoms with E-state index >= 15 is 0 Å². The minimum absolute atomic E-state index is 0.590. The van der Waals surface area contributed by atoms with Gasteiger partial charge >= 0.3 is 0 Å². The second kappa shape index (κ2) is 7.50. The summed E-state index contributed by atoms with van der Waals surface area (Å²) in [5, 5.41) is 0. The maximum absolute atomic E-state index is 5.52. The zero-order valence-corrected chi connectivity index (χ0v) is 10.3. The fourth-order valence-electron chi connectivity index (χ4n) is 1.62. The molecule has 0 radical (unpaired) electrons. The number of aryl methyl sites for hydroxylation is 1.